The Kier molecular flexibility index (Phi) is 6.40. The van der Waals surface area contributed by atoms with Crippen LogP contribution >= 0.6 is 0 Å². The molecule has 2 aliphatic heterocycles. The third-order valence-electron chi connectivity index (χ3n) is 6.58. The summed E-state index contributed by atoms with van der Waals surface area (Å²) >= 11 is 0. The van der Waals surface area contributed by atoms with Gasteiger partial charge in [-0.1, -0.05) is 36.8 Å². The predicted octanol–water partition coefficient (Wildman–Crippen LogP) is 5.06. The maximum absolute atomic E-state index is 13.4. The van der Waals surface area contributed by atoms with Crippen molar-refractivity contribution in [1.29, 1.82) is 0 Å². The van der Waals surface area contributed by atoms with Crippen LogP contribution in [0.3, 0.4) is 0 Å². The molecule has 2 aromatic rings. The second-order valence-electron chi connectivity index (χ2n) is 9.03. The number of aryl methyl sites for hydroxylation is 3. The Morgan fingerprint density at radius 3 is 2.38 bits per heavy atom. The van der Waals surface area contributed by atoms with Gasteiger partial charge in [0, 0.05) is 24.7 Å². The van der Waals surface area contributed by atoms with Crippen LogP contribution in [0.5, 0.6) is 5.75 Å². The fraction of sp³-hybridized carbons (Fsp3) is 0.462. The number of amides is 3. The first kappa shape index (κ1) is 22.2. The highest BCUT2D eigenvalue weighted by molar-refractivity contribution is 5.96. The summed E-state index contributed by atoms with van der Waals surface area (Å²) in [6, 6.07) is 11.9. The average molecular weight is 436 g/mol. The number of hydrogen-bond acceptors (Lipinski definition) is 3. The standard InChI is InChI=1S/C26H33N3O3/c1-5-21-16-29(22-8-6-7-9-23(22)32-21)26(31)28-12-10-20(11-13-28)25(30)27-24-18(3)14-17(2)15-19(24)4/h6-9,14-15,20-21H,5,10-13,16H2,1-4H3,(H,27,30)/t21-/m1/s1. The van der Waals surface area contributed by atoms with Gasteiger partial charge in [0.05, 0.1) is 12.2 Å². The number of benzene rings is 2. The lowest BCUT2D eigenvalue weighted by Crippen LogP contribution is -2.52. The highest BCUT2D eigenvalue weighted by Crippen LogP contribution is 2.35. The van der Waals surface area contributed by atoms with Gasteiger partial charge in [0.1, 0.15) is 11.9 Å². The number of carbonyl (C=O) groups is 2. The molecule has 1 saturated heterocycles. The Morgan fingerprint density at radius 1 is 1.06 bits per heavy atom. The van der Waals surface area contributed by atoms with Crippen molar-refractivity contribution in [3.63, 3.8) is 0 Å². The zero-order chi connectivity index (χ0) is 22.8. The third kappa shape index (κ3) is 4.45. The molecule has 3 amide bonds. The molecule has 2 heterocycles. The lowest BCUT2D eigenvalue weighted by molar-refractivity contribution is -0.121. The Morgan fingerprint density at radius 2 is 1.72 bits per heavy atom. The maximum Gasteiger partial charge on any atom is 0.324 e. The first-order valence-corrected chi connectivity index (χ1v) is 11.6. The summed E-state index contributed by atoms with van der Waals surface area (Å²) in [5, 5.41) is 3.14. The zero-order valence-electron chi connectivity index (χ0n) is 19.5. The molecule has 0 bridgehead atoms. The second-order valence-corrected chi connectivity index (χ2v) is 9.03. The minimum Gasteiger partial charge on any atom is -0.486 e. The van der Waals surface area contributed by atoms with Gasteiger partial charge in [-0.3, -0.25) is 9.69 Å². The summed E-state index contributed by atoms with van der Waals surface area (Å²) in [7, 11) is 0. The van der Waals surface area contributed by atoms with Crippen LogP contribution in [0.1, 0.15) is 42.9 Å². The molecule has 1 atom stereocenters. The van der Waals surface area contributed by atoms with E-state index in [9.17, 15) is 9.59 Å². The van der Waals surface area contributed by atoms with Gasteiger partial charge in [0.2, 0.25) is 5.91 Å². The van der Waals surface area contributed by atoms with E-state index >= 15 is 0 Å². The number of carbonyl (C=O) groups excluding carboxylic acids is 2. The molecule has 0 spiro atoms. The molecule has 1 N–H and O–H groups in total. The Labute approximate surface area is 190 Å². The van der Waals surface area contributed by atoms with E-state index in [2.05, 4.69) is 31.3 Å². The van der Waals surface area contributed by atoms with Crippen molar-refractivity contribution >= 4 is 23.3 Å². The molecule has 0 aromatic heterocycles. The van der Waals surface area contributed by atoms with Crippen LogP contribution in [-0.4, -0.2) is 42.6 Å². The fourth-order valence-electron chi connectivity index (χ4n) is 4.80. The van der Waals surface area contributed by atoms with Gasteiger partial charge in [0.25, 0.3) is 0 Å². The average Bonchev–Trinajstić information content (AvgIpc) is 2.80. The second kappa shape index (κ2) is 9.23. The van der Waals surface area contributed by atoms with E-state index in [0.717, 1.165) is 34.7 Å². The fourth-order valence-corrected chi connectivity index (χ4v) is 4.80. The molecule has 1 fully saturated rings. The van der Waals surface area contributed by atoms with Crippen LogP contribution in [0.15, 0.2) is 36.4 Å². The van der Waals surface area contributed by atoms with Gasteiger partial charge >= 0.3 is 6.03 Å². The van der Waals surface area contributed by atoms with Gasteiger partial charge in [-0.05, 0) is 63.3 Å². The lowest BCUT2D eigenvalue weighted by Gasteiger charge is -2.39. The van der Waals surface area contributed by atoms with Crippen LogP contribution in [-0.2, 0) is 4.79 Å². The van der Waals surface area contributed by atoms with Crippen molar-refractivity contribution in [2.45, 2.75) is 53.1 Å². The number of rotatable bonds is 3. The summed E-state index contributed by atoms with van der Waals surface area (Å²) < 4.78 is 6.02. The minimum atomic E-state index is -0.0838. The molecule has 6 heteroatoms. The number of piperidine rings is 1. The molecule has 6 nitrogen and oxygen atoms in total. The molecule has 4 rings (SSSR count). The van der Waals surface area contributed by atoms with Crippen molar-refractivity contribution in [2.75, 3.05) is 29.9 Å². The molecule has 170 valence electrons. The van der Waals surface area contributed by atoms with Gasteiger partial charge in [-0.2, -0.15) is 0 Å². The molecule has 0 unspecified atom stereocenters. The number of para-hydroxylation sites is 2. The number of fused-ring (bicyclic) bond motifs is 1. The van der Waals surface area contributed by atoms with Crippen LogP contribution < -0.4 is 15.0 Å². The molecular weight excluding hydrogens is 402 g/mol. The van der Waals surface area contributed by atoms with Crippen molar-refractivity contribution in [3.05, 3.63) is 53.1 Å². The van der Waals surface area contributed by atoms with Gasteiger partial charge < -0.3 is 15.0 Å². The Hall–Kier alpha value is -3.02. The monoisotopic (exact) mass is 435 g/mol. The first-order valence-electron chi connectivity index (χ1n) is 11.6. The van der Waals surface area contributed by atoms with Crippen LogP contribution in [0.2, 0.25) is 0 Å². The quantitative estimate of drug-likeness (QED) is 0.733. The number of ether oxygens (including phenoxy) is 1. The highest BCUT2D eigenvalue weighted by Gasteiger charge is 2.34. The van der Waals surface area contributed by atoms with E-state index in [4.69, 9.17) is 4.74 Å². The van der Waals surface area contributed by atoms with Crippen LogP contribution in [0.25, 0.3) is 0 Å². The van der Waals surface area contributed by atoms with E-state index in [-0.39, 0.29) is 24.0 Å². The topological polar surface area (TPSA) is 61.9 Å². The third-order valence-corrected chi connectivity index (χ3v) is 6.58. The molecule has 0 radical (unpaired) electrons. The number of hydrogen-bond donors (Lipinski definition) is 1. The number of nitrogens with zero attached hydrogens (tertiary/aromatic N) is 2. The number of nitrogens with one attached hydrogen (secondary N) is 1. The van der Waals surface area contributed by atoms with Crippen molar-refractivity contribution < 1.29 is 14.3 Å². The maximum atomic E-state index is 13.4. The molecule has 2 aromatic carbocycles. The number of urea groups is 1. The molecule has 0 aliphatic carbocycles. The summed E-state index contributed by atoms with van der Waals surface area (Å²) in [5.74, 6) is 0.728. The van der Waals surface area contributed by atoms with Gasteiger partial charge in [-0.15, -0.1) is 0 Å². The first-order chi connectivity index (χ1) is 15.4. The van der Waals surface area contributed by atoms with Gasteiger partial charge in [0.15, 0.2) is 0 Å². The van der Waals surface area contributed by atoms with E-state index in [0.29, 0.717) is 32.5 Å². The van der Waals surface area contributed by atoms with E-state index in [1.807, 2.05) is 47.9 Å². The largest absolute Gasteiger partial charge is 0.486 e. The van der Waals surface area contributed by atoms with E-state index in [1.54, 1.807) is 0 Å². The summed E-state index contributed by atoms with van der Waals surface area (Å²) in [6.07, 6.45) is 2.19. The molecule has 32 heavy (non-hydrogen) atoms. The molecular formula is C26H33N3O3. The molecule has 2 aliphatic rings. The van der Waals surface area contributed by atoms with Crippen molar-refractivity contribution in [2.24, 2.45) is 5.92 Å². The highest BCUT2D eigenvalue weighted by atomic mass is 16.5. The lowest BCUT2D eigenvalue weighted by atomic mass is 9.95. The van der Waals surface area contributed by atoms with Crippen LogP contribution in [0.4, 0.5) is 16.2 Å². The Balaban J connectivity index is 1.40. The molecule has 0 saturated carbocycles. The summed E-state index contributed by atoms with van der Waals surface area (Å²) in [4.78, 5) is 30.0. The summed E-state index contributed by atoms with van der Waals surface area (Å²) in [6.45, 7) is 9.91. The summed E-state index contributed by atoms with van der Waals surface area (Å²) in [5.41, 5.74) is 5.10. The predicted molar refractivity (Wildman–Crippen MR) is 127 cm³/mol. The van der Waals surface area contributed by atoms with Crippen molar-refractivity contribution in [1.82, 2.24) is 4.90 Å². The SMILES string of the molecule is CC[C@@H]1CN(C(=O)N2CCC(C(=O)Nc3c(C)cc(C)cc3C)CC2)c2ccccc2O1. The van der Waals surface area contributed by atoms with E-state index in [1.165, 1.54) is 5.56 Å². The Bertz CT molecular complexity index is 988. The normalized spacial score (nSPS) is 18.7. The number of likely N-dealkylation sites (tertiary alicyclic amines) is 1. The number of anilines is 2. The zero-order valence-corrected chi connectivity index (χ0v) is 19.5. The van der Waals surface area contributed by atoms with Crippen molar-refractivity contribution in [3.8, 4) is 5.75 Å². The smallest absolute Gasteiger partial charge is 0.324 e. The van der Waals surface area contributed by atoms with E-state index < -0.39 is 0 Å². The van der Waals surface area contributed by atoms with Gasteiger partial charge in [-0.25, -0.2) is 4.79 Å². The van der Waals surface area contributed by atoms with Crippen LogP contribution in [0, 0.1) is 26.7 Å². The minimum absolute atomic E-state index is 0.00171.